The molecule has 0 saturated carbocycles. The molecule has 38 heavy (non-hydrogen) atoms. The largest absolute Gasteiger partial charge is 0.381 e. The number of aromatic nitrogens is 3. The van der Waals surface area contributed by atoms with Gasteiger partial charge in [-0.1, -0.05) is 25.1 Å². The molecule has 1 aromatic carbocycles. The molecule has 3 aromatic heterocycles. The van der Waals surface area contributed by atoms with Crippen LogP contribution in [0, 0.1) is 19.8 Å². The molecule has 1 unspecified atom stereocenters. The standard InChI is InChI=1S/C31H36N4O3/c1-5-22-15-19(2)34-30(36)27(22)18-33-31(37)29-21(4)35(20(3)23-10-13-38-14-11-23)28-16-24(8-9-26(28)29)25-7-6-12-32-17-25/h6-9,12,15-17,20,23H,5,10-11,13-14,18H2,1-4H3,(H,33,37)(H,34,36). The van der Waals surface area contributed by atoms with E-state index < -0.39 is 0 Å². The summed E-state index contributed by atoms with van der Waals surface area (Å²) >= 11 is 0. The van der Waals surface area contributed by atoms with Gasteiger partial charge in [-0.15, -0.1) is 0 Å². The van der Waals surface area contributed by atoms with E-state index in [0.29, 0.717) is 17.0 Å². The number of amides is 1. The summed E-state index contributed by atoms with van der Waals surface area (Å²) in [4.78, 5) is 33.6. The van der Waals surface area contributed by atoms with Crippen molar-refractivity contribution in [2.24, 2.45) is 5.92 Å². The number of hydrogen-bond donors (Lipinski definition) is 2. The maximum atomic E-state index is 13.7. The van der Waals surface area contributed by atoms with Gasteiger partial charge in [-0.05, 0) is 75.3 Å². The smallest absolute Gasteiger partial charge is 0.254 e. The number of rotatable bonds is 7. The molecule has 0 radical (unpaired) electrons. The fraction of sp³-hybridized carbons (Fsp3) is 0.387. The Hall–Kier alpha value is -3.71. The average molecular weight is 513 g/mol. The molecular formula is C31H36N4O3. The lowest BCUT2D eigenvalue weighted by molar-refractivity contribution is 0.0517. The lowest BCUT2D eigenvalue weighted by Gasteiger charge is -2.30. The number of benzene rings is 1. The Balaban J connectivity index is 1.56. The van der Waals surface area contributed by atoms with Crippen molar-refractivity contribution in [3.63, 3.8) is 0 Å². The van der Waals surface area contributed by atoms with Crippen LogP contribution in [0.5, 0.6) is 0 Å². The fourth-order valence-corrected chi connectivity index (χ4v) is 5.92. The van der Waals surface area contributed by atoms with E-state index in [2.05, 4.69) is 38.9 Å². The number of nitrogens with zero attached hydrogens (tertiary/aromatic N) is 2. The summed E-state index contributed by atoms with van der Waals surface area (Å²) in [6.45, 7) is 9.91. The van der Waals surface area contributed by atoms with Gasteiger partial charge in [-0.3, -0.25) is 14.6 Å². The minimum absolute atomic E-state index is 0.143. The van der Waals surface area contributed by atoms with Gasteiger partial charge in [-0.2, -0.15) is 0 Å². The highest BCUT2D eigenvalue weighted by Gasteiger charge is 2.28. The zero-order valence-corrected chi connectivity index (χ0v) is 22.6. The number of aromatic amines is 1. The monoisotopic (exact) mass is 512 g/mol. The second-order valence-electron chi connectivity index (χ2n) is 10.3. The summed E-state index contributed by atoms with van der Waals surface area (Å²) in [5.74, 6) is 0.302. The molecule has 1 atom stereocenters. The third-order valence-electron chi connectivity index (χ3n) is 8.00. The zero-order valence-electron chi connectivity index (χ0n) is 22.6. The second-order valence-corrected chi connectivity index (χ2v) is 10.3. The number of aryl methyl sites for hydroxylation is 2. The van der Waals surface area contributed by atoms with E-state index in [1.807, 2.05) is 51.2 Å². The molecule has 5 rings (SSSR count). The van der Waals surface area contributed by atoms with Gasteiger partial charge < -0.3 is 19.6 Å². The van der Waals surface area contributed by atoms with Crippen LogP contribution >= 0.6 is 0 Å². The van der Waals surface area contributed by atoms with Gasteiger partial charge in [0.05, 0.1) is 5.56 Å². The topological polar surface area (TPSA) is 89.0 Å². The van der Waals surface area contributed by atoms with Gasteiger partial charge in [-0.25, -0.2) is 0 Å². The van der Waals surface area contributed by atoms with Crippen LogP contribution in [0.3, 0.4) is 0 Å². The van der Waals surface area contributed by atoms with E-state index in [1.165, 1.54) is 0 Å². The van der Waals surface area contributed by atoms with Gasteiger partial charge in [0.15, 0.2) is 0 Å². The van der Waals surface area contributed by atoms with Crippen molar-refractivity contribution in [3.05, 3.63) is 87.2 Å². The molecule has 0 aliphatic carbocycles. The molecule has 4 heterocycles. The van der Waals surface area contributed by atoms with Crippen LogP contribution in [-0.2, 0) is 17.7 Å². The Bertz CT molecular complexity index is 1510. The number of pyridine rings is 2. The van der Waals surface area contributed by atoms with E-state index in [4.69, 9.17) is 4.74 Å². The molecule has 4 aromatic rings. The predicted octanol–water partition coefficient (Wildman–Crippen LogP) is 5.49. The lowest BCUT2D eigenvalue weighted by Crippen LogP contribution is -2.29. The number of carbonyl (C=O) groups excluding carboxylic acids is 1. The molecule has 1 aliphatic rings. The van der Waals surface area contributed by atoms with Crippen molar-refractivity contribution in [2.75, 3.05) is 13.2 Å². The van der Waals surface area contributed by atoms with Crippen LogP contribution in [0.4, 0.5) is 0 Å². The summed E-state index contributed by atoms with van der Waals surface area (Å²) in [6.07, 6.45) is 6.36. The molecule has 7 heteroatoms. The molecule has 198 valence electrons. The molecule has 0 spiro atoms. The number of hydrogen-bond acceptors (Lipinski definition) is 4. The van der Waals surface area contributed by atoms with E-state index in [0.717, 1.165) is 71.5 Å². The highest BCUT2D eigenvalue weighted by atomic mass is 16.5. The molecule has 1 saturated heterocycles. The van der Waals surface area contributed by atoms with Crippen molar-refractivity contribution in [2.45, 2.75) is 59.5 Å². The highest BCUT2D eigenvalue weighted by Crippen LogP contribution is 2.37. The summed E-state index contributed by atoms with van der Waals surface area (Å²) in [7, 11) is 0. The average Bonchev–Trinajstić information content (AvgIpc) is 3.23. The van der Waals surface area contributed by atoms with Crippen LogP contribution in [0.2, 0.25) is 0 Å². The van der Waals surface area contributed by atoms with Crippen LogP contribution in [0.1, 0.15) is 65.6 Å². The van der Waals surface area contributed by atoms with E-state index >= 15 is 0 Å². The summed E-state index contributed by atoms with van der Waals surface area (Å²) in [5, 5.41) is 3.98. The van der Waals surface area contributed by atoms with Crippen molar-refractivity contribution in [1.29, 1.82) is 0 Å². The van der Waals surface area contributed by atoms with Crippen LogP contribution in [0.15, 0.2) is 53.6 Å². The summed E-state index contributed by atoms with van der Waals surface area (Å²) < 4.78 is 7.95. The van der Waals surface area contributed by atoms with Gasteiger partial charge in [0.1, 0.15) is 0 Å². The molecule has 0 bridgehead atoms. The van der Waals surface area contributed by atoms with Crippen molar-refractivity contribution >= 4 is 16.8 Å². The SMILES string of the molecule is CCc1cc(C)[nH]c(=O)c1CNC(=O)c1c(C)n(C(C)C2CCOCC2)c2cc(-c3cccnc3)ccc12. The molecule has 7 nitrogen and oxygen atoms in total. The zero-order chi connectivity index (χ0) is 26.8. The fourth-order valence-electron chi connectivity index (χ4n) is 5.92. The Morgan fingerprint density at radius 3 is 2.68 bits per heavy atom. The maximum absolute atomic E-state index is 13.7. The predicted molar refractivity (Wildman–Crippen MR) is 151 cm³/mol. The first-order valence-electron chi connectivity index (χ1n) is 13.5. The normalized spacial score (nSPS) is 15.1. The quantitative estimate of drug-likeness (QED) is 0.343. The first-order valence-corrected chi connectivity index (χ1v) is 13.5. The number of carbonyl (C=O) groups is 1. The van der Waals surface area contributed by atoms with Crippen LogP contribution in [-0.4, -0.2) is 33.7 Å². The number of fused-ring (bicyclic) bond motifs is 1. The first-order chi connectivity index (χ1) is 18.4. The molecule has 1 aliphatic heterocycles. The van der Waals surface area contributed by atoms with Crippen molar-refractivity contribution in [3.8, 4) is 11.1 Å². The van der Waals surface area contributed by atoms with Gasteiger partial charge in [0.25, 0.3) is 11.5 Å². The van der Waals surface area contributed by atoms with Gasteiger partial charge in [0, 0.05) is 71.6 Å². The lowest BCUT2D eigenvalue weighted by atomic mass is 9.92. The molecular weight excluding hydrogens is 476 g/mol. The Morgan fingerprint density at radius 2 is 1.97 bits per heavy atom. The van der Waals surface area contributed by atoms with Crippen LogP contribution < -0.4 is 10.9 Å². The minimum Gasteiger partial charge on any atom is -0.381 e. The highest BCUT2D eigenvalue weighted by molar-refractivity contribution is 6.09. The van der Waals surface area contributed by atoms with E-state index in [1.54, 1.807) is 6.20 Å². The minimum atomic E-state index is -0.165. The molecule has 1 amide bonds. The van der Waals surface area contributed by atoms with Gasteiger partial charge in [0.2, 0.25) is 0 Å². The van der Waals surface area contributed by atoms with E-state index in [-0.39, 0.29) is 24.1 Å². The van der Waals surface area contributed by atoms with E-state index in [9.17, 15) is 9.59 Å². The Morgan fingerprint density at radius 1 is 1.18 bits per heavy atom. The third-order valence-corrected chi connectivity index (χ3v) is 8.00. The van der Waals surface area contributed by atoms with Crippen molar-refractivity contribution < 1.29 is 9.53 Å². The number of H-pyrrole nitrogens is 1. The first kappa shape index (κ1) is 25.9. The second kappa shape index (κ2) is 11.0. The molecule has 2 N–H and O–H groups in total. The number of nitrogens with one attached hydrogen (secondary N) is 2. The Labute approximate surface area is 223 Å². The number of ether oxygens (including phenoxy) is 1. The third kappa shape index (κ3) is 4.90. The molecule has 1 fully saturated rings. The van der Waals surface area contributed by atoms with Crippen molar-refractivity contribution in [1.82, 2.24) is 19.9 Å². The maximum Gasteiger partial charge on any atom is 0.254 e. The summed E-state index contributed by atoms with van der Waals surface area (Å²) in [5.41, 5.74) is 7.00. The Kier molecular flexibility index (Phi) is 7.47. The summed E-state index contributed by atoms with van der Waals surface area (Å²) in [6, 6.07) is 12.4. The van der Waals surface area contributed by atoms with Crippen LogP contribution in [0.25, 0.3) is 22.0 Å². The van der Waals surface area contributed by atoms with Gasteiger partial charge >= 0.3 is 0 Å².